The molecule has 2 aromatic rings. The predicted octanol–water partition coefficient (Wildman–Crippen LogP) is 3.23. The van der Waals surface area contributed by atoms with Crippen LogP contribution in [0, 0.1) is 0 Å². The van der Waals surface area contributed by atoms with Gasteiger partial charge in [-0.3, -0.25) is 9.63 Å². The lowest BCUT2D eigenvalue weighted by molar-refractivity contribution is -0.0965. The van der Waals surface area contributed by atoms with Crippen molar-refractivity contribution in [1.29, 1.82) is 0 Å². The average molecular weight is 343 g/mol. The molecule has 1 fully saturated rings. The Morgan fingerprint density at radius 3 is 2.24 bits per heavy atom. The summed E-state index contributed by atoms with van der Waals surface area (Å²) in [6.07, 6.45) is 0.750. The molecule has 1 heterocycles. The molecule has 1 amide bonds. The highest BCUT2D eigenvalue weighted by atomic mass is 16.7. The van der Waals surface area contributed by atoms with Crippen molar-refractivity contribution < 1.29 is 23.8 Å². The number of hydroxylamine groups is 2. The number of amides is 1. The van der Waals surface area contributed by atoms with Crippen LogP contribution in [0.4, 0.5) is 0 Å². The molecule has 0 N–H and O–H groups in total. The van der Waals surface area contributed by atoms with Crippen LogP contribution < -0.4 is 14.2 Å². The number of methoxy groups -OCH3 is 3. The minimum atomic E-state index is -0.245. The highest BCUT2D eigenvalue weighted by Crippen LogP contribution is 2.39. The fraction of sp³-hybridized carbons (Fsp3) is 0.316. The van der Waals surface area contributed by atoms with Crippen molar-refractivity contribution in [2.24, 2.45) is 0 Å². The number of rotatable bonds is 5. The first-order chi connectivity index (χ1) is 12.2. The molecule has 1 atom stereocenters. The summed E-state index contributed by atoms with van der Waals surface area (Å²) in [5, 5.41) is 1.43. The van der Waals surface area contributed by atoms with Crippen LogP contribution >= 0.6 is 0 Å². The zero-order valence-electron chi connectivity index (χ0n) is 14.5. The Labute approximate surface area is 146 Å². The molecule has 6 nitrogen and oxygen atoms in total. The van der Waals surface area contributed by atoms with E-state index in [1.807, 2.05) is 30.3 Å². The summed E-state index contributed by atoms with van der Waals surface area (Å²) in [5.41, 5.74) is 1.46. The average Bonchev–Trinajstić information content (AvgIpc) is 3.16. The fourth-order valence-corrected chi connectivity index (χ4v) is 2.98. The fourth-order valence-electron chi connectivity index (χ4n) is 2.98. The van der Waals surface area contributed by atoms with E-state index >= 15 is 0 Å². The van der Waals surface area contributed by atoms with Crippen LogP contribution in [0.1, 0.15) is 28.4 Å². The normalized spacial score (nSPS) is 16.6. The highest BCUT2D eigenvalue weighted by Gasteiger charge is 2.33. The summed E-state index contributed by atoms with van der Waals surface area (Å²) in [6, 6.07) is 13.0. The third kappa shape index (κ3) is 3.25. The molecule has 1 aliphatic heterocycles. The molecule has 0 radical (unpaired) electrons. The van der Waals surface area contributed by atoms with Crippen LogP contribution in [0.5, 0.6) is 17.2 Å². The molecule has 6 heteroatoms. The van der Waals surface area contributed by atoms with E-state index < -0.39 is 0 Å². The maximum absolute atomic E-state index is 13.0. The van der Waals surface area contributed by atoms with E-state index in [1.54, 1.807) is 12.1 Å². The molecule has 0 aromatic heterocycles. The van der Waals surface area contributed by atoms with Crippen LogP contribution in [-0.4, -0.2) is 38.9 Å². The third-order valence-electron chi connectivity index (χ3n) is 4.20. The smallest absolute Gasteiger partial charge is 0.278 e. The molecule has 1 unspecified atom stereocenters. The van der Waals surface area contributed by atoms with Gasteiger partial charge in [-0.2, -0.15) is 0 Å². The van der Waals surface area contributed by atoms with Gasteiger partial charge in [0, 0.05) is 12.0 Å². The van der Waals surface area contributed by atoms with Gasteiger partial charge in [-0.1, -0.05) is 30.3 Å². The zero-order valence-corrected chi connectivity index (χ0v) is 14.5. The number of carbonyl (C=O) groups excluding carboxylic acids is 1. The van der Waals surface area contributed by atoms with E-state index in [2.05, 4.69) is 0 Å². The molecule has 3 rings (SSSR count). The van der Waals surface area contributed by atoms with E-state index in [0.29, 0.717) is 29.4 Å². The van der Waals surface area contributed by atoms with Crippen LogP contribution in [-0.2, 0) is 4.84 Å². The Morgan fingerprint density at radius 2 is 1.68 bits per heavy atom. The molecule has 1 saturated heterocycles. The van der Waals surface area contributed by atoms with Crippen molar-refractivity contribution in [2.45, 2.75) is 12.5 Å². The second kappa shape index (κ2) is 7.44. The number of nitrogens with zero attached hydrogens (tertiary/aromatic N) is 1. The predicted molar refractivity (Wildman–Crippen MR) is 92.0 cm³/mol. The van der Waals surface area contributed by atoms with Crippen LogP contribution in [0.2, 0.25) is 0 Å². The summed E-state index contributed by atoms with van der Waals surface area (Å²) in [4.78, 5) is 18.6. The minimum Gasteiger partial charge on any atom is -0.493 e. The van der Waals surface area contributed by atoms with Crippen LogP contribution in [0.25, 0.3) is 0 Å². The molecular weight excluding hydrogens is 322 g/mol. The molecular formula is C19H21NO5. The molecule has 25 heavy (non-hydrogen) atoms. The first-order valence-corrected chi connectivity index (χ1v) is 8.01. The first kappa shape index (κ1) is 17.1. The Kier molecular flexibility index (Phi) is 5.09. The minimum absolute atomic E-state index is 0.118. The molecule has 0 bridgehead atoms. The van der Waals surface area contributed by atoms with Crippen molar-refractivity contribution in [3.05, 3.63) is 53.6 Å². The summed E-state index contributed by atoms with van der Waals surface area (Å²) in [5.74, 6) is 1.07. The summed E-state index contributed by atoms with van der Waals surface area (Å²) < 4.78 is 16.0. The number of hydrogen-bond donors (Lipinski definition) is 0. The second-order valence-electron chi connectivity index (χ2n) is 5.59. The molecule has 0 spiro atoms. The topological polar surface area (TPSA) is 57.2 Å². The second-order valence-corrected chi connectivity index (χ2v) is 5.59. The van der Waals surface area contributed by atoms with Gasteiger partial charge in [-0.05, 0) is 17.7 Å². The number of hydrogen-bond acceptors (Lipinski definition) is 5. The molecule has 0 aliphatic carbocycles. The van der Waals surface area contributed by atoms with Gasteiger partial charge in [0.05, 0.1) is 34.0 Å². The van der Waals surface area contributed by atoms with Crippen molar-refractivity contribution >= 4 is 5.91 Å². The quantitative estimate of drug-likeness (QED) is 0.834. The Morgan fingerprint density at radius 1 is 1.04 bits per heavy atom. The Balaban J connectivity index is 1.95. The van der Waals surface area contributed by atoms with Gasteiger partial charge in [-0.25, -0.2) is 5.06 Å². The van der Waals surface area contributed by atoms with E-state index in [-0.39, 0.29) is 11.9 Å². The van der Waals surface area contributed by atoms with Gasteiger partial charge in [0.25, 0.3) is 5.91 Å². The van der Waals surface area contributed by atoms with E-state index in [4.69, 9.17) is 19.0 Å². The van der Waals surface area contributed by atoms with Crippen molar-refractivity contribution in [2.75, 3.05) is 27.9 Å². The van der Waals surface area contributed by atoms with Gasteiger partial charge in [0.2, 0.25) is 5.75 Å². The van der Waals surface area contributed by atoms with Gasteiger partial charge in [0.1, 0.15) is 0 Å². The maximum Gasteiger partial charge on any atom is 0.278 e. The molecule has 2 aromatic carbocycles. The first-order valence-electron chi connectivity index (χ1n) is 8.01. The largest absolute Gasteiger partial charge is 0.493 e. The summed E-state index contributed by atoms with van der Waals surface area (Å²) in [7, 11) is 4.56. The van der Waals surface area contributed by atoms with Gasteiger partial charge in [-0.15, -0.1) is 0 Å². The number of ether oxygens (including phenoxy) is 3. The third-order valence-corrected chi connectivity index (χ3v) is 4.20. The van der Waals surface area contributed by atoms with Crippen LogP contribution in [0.3, 0.4) is 0 Å². The summed E-state index contributed by atoms with van der Waals surface area (Å²) >= 11 is 0. The monoisotopic (exact) mass is 343 g/mol. The molecule has 1 aliphatic rings. The molecule has 132 valence electrons. The Bertz CT molecular complexity index is 722. The number of benzene rings is 2. The van der Waals surface area contributed by atoms with Crippen molar-refractivity contribution in [1.82, 2.24) is 5.06 Å². The maximum atomic E-state index is 13.0. The zero-order chi connectivity index (χ0) is 17.8. The SMILES string of the molecule is COc1cc(C(=O)N2OCCC2c2ccccc2)cc(OC)c1OC. The van der Waals surface area contributed by atoms with Crippen molar-refractivity contribution in [3.8, 4) is 17.2 Å². The van der Waals surface area contributed by atoms with Gasteiger partial charge in [0.15, 0.2) is 11.5 Å². The van der Waals surface area contributed by atoms with E-state index in [9.17, 15) is 4.79 Å². The van der Waals surface area contributed by atoms with Crippen LogP contribution in [0.15, 0.2) is 42.5 Å². The van der Waals surface area contributed by atoms with E-state index in [1.165, 1.54) is 26.4 Å². The highest BCUT2D eigenvalue weighted by molar-refractivity contribution is 5.95. The van der Waals surface area contributed by atoms with Gasteiger partial charge < -0.3 is 14.2 Å². The van der Waals surface area contributed by atoms with Gasteiger partial charge >= 0.3 is 0 Å². The van der Waals surface area contributed by atoms with Crippen molar-refractivity contribution in [3.63, 3.8) is 0 Å². The lowest BCUT2D eigenvalue weighted by Crippen LogP contribution is -2.29. The Hall–Kier alpha value is -2.73. The number of carbonyl (C=O) groups is 1. The standard InChI is InChI=1S/C19H21NO5/c1-22-16-11-14(12-17(23-2)18(16)24-3)19(21)20-15(9-10-25-20)13-7-5-4-6-8-13/h4-8,11-12,15H,9-10H2,1-3H3. The lowest BCUT2D eigenvalue weighted by atomic mass is 10.0. The molecule has 0 saturated carbocycles. The lowest BCUT2D eigenvalue weighted by Gasteiger charge is -2.23. The van der Waals surface area contributed by atoms with E-state index in [0.717, 1.165) is 12.0 Å². The summed E-state index contributed by atoms with van der Waals surface area (Å²) in [6.45, 7) is 0.496.